The lowest BCUT2D eigenvalue weighted by molar-refractivity contribution is -0.141. The van der Waals surface area contributed by atoms with Gasteiger partial charge in [0.1, 0.15) is 5.75 Å². The van der Waals surface area contributed by atoms with Crippen LogP contribution in [0.25, 0.3) is 0 Å². The zero-order chi connectivity index (χ0) is 14.7. The van der Waals surface area contributed by atoms with Crippen LogP contribution in [0, 0.1) is 25.7 Å². The van der Waals surface area contributed by atoms with E-state index >= 15 is 0 Å². The maximum absolute atomic E-state index is 11.0. The number of benzene rings is 1. The predicted octanol–water partition coefficient (Wildman–Crippen LogP) is 3.75. The van der Waals surface area contributed by atoms with E-state index in [9.17, 15) is 4.79 Å². The number of aryl methyl sites for hydroxylation is 2. The van der Waals surface area contributed by atoms with Gasteiger partial charge in [-0.15, -0.1) is 0 Å². The summed E-state index contributed by atoms with van der Waals surface area (Å²) in [5.41, 5.74) is 3.40. The molecule has 1 N–H and O–H groups in total. The number of carboxylic acid groups (broad SMARTS) is 1. The molecule has 1 saturated carbocycles. The highest BCUT2D eigenvalue weighted by Gasteiger charge is 2.20. The summed E-state index contributed by atoms with van der Waals surface area (Å²) >= 11 is 0. The van der Waals surface area contributed by atoms with Crippen molar-refractivity contribution in [3.8, 4) is 5.75 Å². The molecule has 110 valence electrons. The van der Waals surface area contributed by atoms with Crippen LogP contribution in [0.2, 0.25) is 0 Å². The van der Waals surface area contributed by atoms with Crippen molar-refractivity contribution < 1.29 is 14.6 Å². The number of hydrogen-bond acceptors (Lipinski definition) is 2. The topological polar surface area (TPSA) is 46.5 Å². The zero-order valence-corrected chi connectivity index (χ0v) is 12.6. The molecule has 0 amide bonds. The summed E-state index contributed by atoms with van der Waals surface area (Å²) in [5, 5.41) is 9.08. The monoisotopic (exact) mass is 276 g/mol. The molecule has 3 heteroatoms. The maximum Gasteiger partial charge on any atom is 0.306 e. The second kappa shape index (κ2) is 6.29. The van der Waals surface area contributed by atoms with Crippen molar-refractivity contribution in [2.24, 2.45) is 11.8 Å². The molecule has 0 heterocycles. The largest absolute Gasteiger partial charge is 0.493 e. The van der Waals surface area contributed by atoms with E-state index in [1.54, 1.807) is 6.92 Å². The van der Waals surface area contributed by atoms with Gasteiger partial charge < -0.3 is 9.84 Å². The van der Waals surface area contributed by atoms with Crippen molar-refractivity contribution in [3.05, 3.63) is 28.8 Å². The molecule has 3 nitrogen and oxygen atoms in total. The van der Waals surface area contributed by atoms with Crippen LogP contribution in [0.4, 0.5) is 0 Å². The van der Waals surface area contributed by atoms with Gasteiger partial charge >= 0.3 is 5.97 Å². The SMILES string of the molecule is Cc1cc(CC(C)C(=O)O)c(OCC2CCC2)cc1C. The van der Waals surface area contributed by atoms with Crippen LogP contribution in [0.3, 0.4) is 0 Å². The number of aliphatic carboxylic acids is 1. The molecule has 1 unspecified atom stereocenters. The van der Waals surface area contributed by atoms with Crippen molar-refractivity contribution in [1.82, 2.24) is 0 Å². The van der Waals surface area contributed by atoms with Gasteiger partial charge in [0, 0.05) is 0 Å². The Kier molecular flexibility index (Phi) is 4.69. The molecule has 0 radical (unpaired) electrons. The van der Waals surface area contributed by atoms with Gasteiger partial charge in [0.25, 0.3) is 0 Å². The molecule has 0 bridgehead atoms. The minimum Gasteiger partial charge on any atom is -0.493 e. The lowest BCUT2D eigenvalue weighted by Gasteiger charge is -2.26. The Hall–Kier alpha value is -1.51. The fourth-order valence-electron chi connectivity index (χ4n) is 2.43. The van der Waals surface area contributed by atoms with Crippen LogP contribution in [-0.2, 0) is 11.2 Å². The Morgan fingerprint density at radius 3 is 2.55 bits per heavy atom. The molecule has 1 aromatic rings. The van der Waals surface area contributed by atoms with E-state index in [0.29, 0.717) is 12.3 Å². The van der Waals surface area contributed by atoms with Gasteiger partial charge in [0.15, 0.2) is 0 Å². The van der Waals surface area contributed by atoms with Crippen LogP contribution >= 0.6 is 0 Å². The number of ether oxygens (including phenoxy) is 1. The molecule has 0 aliphatic heterocycles. The highest BCUT2D eigenvalue weighted by atomic mass is 16.5. The van der Waals surface area contributed by atoms with Gasteiger partial charge in [-0.2, -0.15) is 0 Å². The number of carbonyl (C=O) groups is 1. The third-order valence-electron chi connectivity index (χ3n) is 4.32. The molecule has 0 aromatic heterocycles. The molecule has 0 saturated heterocycles. The zero-order valence-electron chi connectivity index (χ0n) is 12.6. The highest BCUT2D eigenvalue weighted by Crippen LogP contribution is 2.30. The Morgan fingerprint density at radius 2 is 2.00 bits per heavy atom. The quantitative estimate of drug-likeness (QED) is 0.860. The summed E-state index contributed by atoms with van der Waals surface area (Å²) in [6, 6.07) is 4.13. The molecular weight excluding hydrogens is 252 g/mol. The van der Waals surface area contributed by atoms with E-state index in [1.165, 1.54) is 30.4 Å². The van der Waals surface area contributed by atoms with E-state index in [4.69, 9.17) is 9.84 Å². The van der Waals surface area contributed by atoms with Crippen molar-refractivity contribution >= 4 is 5.97 Å². The standard InChI is InChI=1S/C17H24O3/c1-11-7-15(8-13(3)17(18)19)16(9-12(11)2)20-10-14-5-4-6-14/h7,9,13-14H,4-6,8,10H2,1-3H3,(H,18,19). The third kappa shape index (κ3) is 3.53. The van der Waals surface area contributed by atoms with E-state index in [-0.39, 0.29) is 5.92 Å². The molecule has 1 atom stereocenters. The first-order chi connectivity index (χ1) is 9.47. The second-order valence-corrected chi connectivity index (χ2v) is 6.10. The smallest absolute Gasteiger partial charge is 0.306 e. The average molecular weight is 276 g/mol. The first kappa shape index (κ1) is 14.9. The van der Waals surface area contributed by atoms with Gasteiger partial charge in [-0.1, -0.05) is 19.4 Å². The summed E-state index contributed by atoms with van der Waals surface area (Å²) in [5.74, 6) is 0.408. The lowest BCUT2D eigenvalue weighted by Crippen LogP contribution is -2.20. The number of carboxylic acids is 1. The Labute approximate surface area is 121 Å². The molecule has 1 aliphatic carbocycles. The summed E-state index contributed by atoms with van der Waals surface area (Å²) in [6.07, 6.45) is 4.34. The van der Waals surface area contributed by atoms with Gasteiger partial charge in [-0.25, -0.2) is 0 Å². The van der Waals surface area contributed by atoms with Crippen LogP contribution in [-0.4, -0.2) is 17.7 Å². The molecule has 2 rings (SSSR count). The van der Waals surface area contributed by atoms with Crippen LogP contribution < -0.4 is 4.74 Å². The number of rotatable bonds is 6. The van der Waals surface area contributed by atoms with E-state index in [2.05, 4.69) is 26.0 Å². The first-order valence-electron chi connectivity index (χ1n) is 7.43. The normalized spacial score (nSPS) is 16.6. The minimum atomic E-state index is -0.756. The third-order valence-corrected chi connectivity index (χ3v) is 4.32. The van der Waals surface area contributed by atoms with E-state index in [1.807, 2.05) is 0 Å². The molecule has 20 heavy (non-hydrogen) atoms. The second-order valence-electron chi connectivity index (χ2n) is 6.10. The van der Waals surface area contributed by atoms with E-state index < -0.39 is 5.97 Å². The van der Waals surface area contributed by atoms with Gasteiger partial charge in [0.05, 0.1) is 12.5 Å². The Balaban J connectivity index is 2.13. The maximum atomic E-state index is 11.0. The summed E-state index contributed by atoms with van der Waals surface area (Å²) < 4.78 is 5.96. The van der Waals surface area contributed by atoms with E-state index in [0.717, 1.165) is 17.9 Å². The van der Waals surface area contributed by atoms with Gasteiger partial charge in [-0.05, 0) is 61.8 Å². The van der Waals surface area contributed by atoms with Crippen molar-refractivity contribution in [2.45, 2.75) is 46.5 Å². The average Bonchev–Trinajstić information content (AvgIpc) is 2.32. The fraction of sp³-hybridized carbons (Fsp3) is 0.588. The van der Waals surface area contributed by atoms with Crippen LogP contribution in [0.15, 0.2) is 12.1 Å². The molecule has 1 aliphatic rings. The van der Waals surface area contributed by atoms with Gasteiger partial charge in [-0.3, -0.25) is 4.79 Å². The molecular formula is C17H24O3. The molecule has 0 spiro atoms. The van der Waals surface area contributed by atoms with Crippen molar-refractivity contribution in [3.63, 3.8) is 0 Å². The van der Waals surface area contributed by atoms with Gasteiger partial charge in [0.2, 0.25) is 0 Å². The highest BCUT2D eigenvalue weighted by molar-refractivity contribution is 5.70. The Bertz CT molecular complexity index is 489. The van der Waals surface area contributed by atoms with Crippen LogP contribution in [0.5, 0.6) is 5.75 Å². The van der Waals surface area contributed by atoms with Crippen LogP contribution in [0.1, 0.15) is 42.9 Å². The first-order valence-corrected chi connectivity index (χ1v) is 7.43. The van der Waals surface area contributed by atoms with Crippen molar-refractivity contribution in [1.29, 1.82) is 0 Å². The van der Waals surface area contributed by atoms with Crippen molar-refractivity contribution in [2.75, 3.05) is 6.61 Å². The molecule has 1 aromatic carbocycles. The Morgan fingerprint density at radius 1 is 1.35 bits per heavy atom. The fourth-order valence-corrected chi connectivity index (χ4v) is 2.43. The number of hydrogen-bond donors (Lipinski definition) is 1. The summed E-state index contributed by atoms with van der Waals surface area (Å²) in [7, 11) is 0. The molecule has 1 fully saturated rings. The summed E-state index contributed by atoms with van der Waals surface area (Å²) in [4.78, 5) is 11.0. The summed E-state index contributed by atoms with van der Waals surface area (Å²) in [6.45, 7) is 6.63. The predicted molar refractivity (Wildman–Crippen MR) is 79.3 cm³/mol. The lowest BCUT2D eigenvalue weighted by atomic mass is 9.86. The minimum absolute atomic E-state index is 0.386.